The van der Waals surface area contributed by atoms with Crippen molar-refractivity contribution in [2.24, 2.45) is 0 Å². The van der Waals surface area contributed by atoms with Crippen LogP contribution in [0.3, 0.4) is 0 Å². The molecular formula is C14H21N5O2. The summed E-state index contributed by atoms with van der Waals surface area (Å²) < 4.78 is 10.1. The monoisotopic (exact) mass is 291 g/mol. The highest BCUT2D eigenvalue weighted by Crippen LogP contribution is 2.13. The van der Waals surface area contributed by atoms with Gasteiger partial charge in [0.25, 0.3) is 0 Å². The zero-order valence-corrected chi connectivity index (χ0v) is 12.6. The quantitative estimate of drug-likeness (QED) is 0.772. The first kappa shape index (κ1) is 15.2. The van der Waals surface area contributed by atoms with Crippen LogP contribution < -0.4 is 10.6 Å². The number of nitrogens with zero attached hydrogens (tertiary/aromatic N) is 3. The molecule has 0 radical (unpaired) electrons. The molecule has 0 fully saturated rings. The lowest BCUT2D eigenvalue weighted by Gasteiger charge is -2.10. The van der Waals surface area contributed by atoms with E-state index in [2.05, 4.69) is 32.7 Å². The highest BCUT2D eigenvalue weighted by molar-refractivity contribution is 5.47. The smallest absolute Gasteiger partial charge is 0.158 e. The molecule has 2 N–H and O–H groups in total. The molecule has 2 heterocycles. The van der Waals surface area contributed by atoms with E-state index >= 15 is 0 Å². The zero-order chi connectivity index (χ0) is 15.1. The van der Waals surface area contributed by atoms with E-state index in [0.717, 1.165) is 36.1 Å². The summed E-state index contributed by atoms with van der Waals surface area (Å²) in [6.07, 6.45) is 1.03. The third-order valence-electron chi connectivity index (χ3n) is 2.73. The first-order valence-electron chi connectivity index (χ1n) is 6.98. The Labute approximate surface area is 124 Å². The minimum atomic E-state index is 0.374. The molecule has 0 aliphatic rings. The maximum absolute atomic E-state index is 5.10. The van der Waals surface area contributed by atoms with Gasteiger partial charge < -0.3 is 19.9 Å². The van der Waals surface area contributed by atoms with Crippen LogP contribution in [0.4, 0.5) is 11.6 Å². The average molecular weight is 291 g/mol. The third kappa shape index (κ3) is 4.71. The van der Waals surface area contributed by atoms with Gasteiger partial charge in [0, 0.05) is 25.8 Å². The number of aromatic nitrogens is 3. The third-order valence-corrected chi connectivity index (χ3v) is 2.73. The van der Waals surface area contributed by atoms with Crippen LogP contribution in [0.1, 0.15) is 30.6 Å². The second kappa shape index (κ2) is 7.58. The lowest BCUT2D eigenvalue weighted by Crippen LogP contribution is -2.09. The lowest BCUT2D eigenvalue weighted by molar-refractivity contribution is 0.178. The first-order chi connectivity index (χ1) is 10.2. The van der Waals surface area contributed by atoms with E-state index in [9.17, 15) is 0 Å². The summed E-state index contributed by atoms with van der Waals surface area (Å²) in [6.45, 7) is 5.76. The SMILES string of the molecule is CCCNc1cc(NCc2cc(C)on2)nc(COC)n1. The Morgan fingerprint density at radius 1 is 1.19 bits per heavy atom. The number of hydrogen-bond acceptors (Lipinski definition) is 7. The fourth-order valence-electron chi connectivity index (χ4n) is 1.81. The van der Waals surface area contributed by atoms with Crippen molar-refractivity contribution in [3.63, 3.8) is 0 Å². The summed E-state index contributed by atoms with van der Waals surface area (Å²) in [5.74, 6) is 2.95. The van der Waals surface area contributed by atoms with Gasteiger partial charge in [0.1, 0.15) is 29.7 Å². The van der Waals surface area contributed by atoms with Crippen molar-refractivity contribution in [3.8, 4) is 0 Å². The predicted molar refractivity (Wildman–Crippen MR) is 80.1 cm³/mol. The fraction of sp³-hybridized carbons (Fsp3) is 0.500. The molecule has 0 aromatic carbocycles. The number of methoxy groups -OCH3 is 1. The van der Waals surface area contributed by atoms with Gasteiger partial charge in [-0.25, -0.2) is 9.97 Å². The van der Waals surface area contributed by atoms with Gasteiger partial charge in [-0.3, -0.25) is 0 Å². The molecule has 21 heavy (non-hydrogen) atoms. The average Bonchev–Trinajstić information content (AvgIpc) is 2.89. The molecule has 7 heteroatoms. The van der Waals surface area contributed by atoms with E-state index in [4.69, 9.17) is 9.26 Å². The molecule has 114 valence electrons. The largest absolute Gasteiger partial charge is 0.377 e. The zero-order valence-electron chi connectivity index (χ0n) is 12.6. The number of ether oxygens (including phenoxy) is 1. The second-order valence-electron chi connectivity index (χ2n) is 4.70. The summed E-state index contributed by atoms with van der Waals surface area (Å²) in [5, 5.41) is 10.4. The van der Waals surface area contributed by atoms with Gasteiger partial charge in [-0.2, -0.15) is 0 Å². The van der Waals surface area contributed by atoms with Crippen LogP contribution in [0, 0.1) is 6.92 Å². The van der Waals surface area contributed by atoms with Crippen LogP contribution in [0.2, 0.25) is 0 Å². The molecule has 2 rings (SSSR count). The van der Waals surface area contributed by atoms with Crippen molar-refractivity contribution in [2.45, 2.75) is 33.4 Å². The molecule has 0 unspecified atom stereocenters. The minimum Gasteiger partial charge on any atom is -0.377 e. The molecular weight excluding hydrogens is 270 g/mol. The van der Waals surface area contributed by atoms with Gasteiger partial charge in [0.2, 0.25) is 0 Å². The number of hydrogen-bond donors (Lipinski definition) is 2. The summed E-state index contributed by atoms with van der Waals surface area (Å²) in [7, 11) is 1.63. The number of rotatable bonds is 8. The van der Waals surface area contributed by atoms with Gasteiger partial charge in [0.15, 0.2) is 5.82 Å². The second-order valence-corrected chi connectivity index (χ2v) is 4.70. The highest BCUT2D eigenvalue weighted by atomic mass is 16.5. The Balaban J connectivity index is 2.07. The topological polar surface area (TPSA) is 85.1 Å². The van der Waals surface area contributed by atoms with Crippen molar-refractivity contribution >= 4 is 11.6 Å². The van der Waals surface area contributed by atoms with Crippen molar-refractivity contribution < 1.29 is 9.26 Å². The van der Waals surface area contributed by atoms with Gasteiger partial charge in [-0.15, -0.1) is 0 Å². The summed E-state index contributed by atoms with van der Waals surface area (Å²) >= 11 is 0. The molecule has 0 atom stereocenters. The Morgan fingerprint density at radius 3 is 2.57 bits per heavy atom. The van der Waals surface area contributed by atoms with Crippen molar-refractivity contribution in [2.75, 3.05) is 24.3 Å². The molecule has 0 saturated carbocycles. The molecule has 0 spiro atoms. The Bertz CT molecular complexity index is 570. The van der Waals surface area contributed by atoms with Gasteiger partial charge >= 0.3 is 0 Å². The number of aryl methyl sites for hydroxylation is 1. The van der Waals surface area contributed by atoms with Crippen LogP contribution in [0.5, 0.6) is 0 Å². The summed E-state index contributed by atoms with van der Waals surface area (Å²) in [4.78, 5) is 8.81. The molecule has 0 aliphatic carbocycles. The first-order valence-corrected chi connectivity index (χ1v) is 6.98. The van der Waals surface area contributed by atoms with Gasteiger partial charge in [0.05, 0.1) is 6.54 Å². The summed E-state index contributed by atoms with van der Waals surface area (Å²) in [6, 6.07) is 3.77. The van der Waals surface area contributed by atoms with E-state index < -0.39 is 0 Å². The van der Waals surface area contributed by atoms with E-state index in [1.807, 2.05) is 19.1 Å². The Hall–Kier alpha value is -2.15. The normalized spacial score (nSPS) is 10.6. The molecule has 7 nitrogen and oxygen atoms in total. The van der Waals surface area contributed by atoms with Crippen LogP contribution in [-0.4, -0.2) is 28.8 Å². The maximum Gasteiger partial charge on any atom is 0.158 e. The van der Waals surface area contributed by atoms with E-state index in [1.165, 1.54) is 0 Å². The van der Waals surface area contributed by atoms with Crippen LogP contribution >= 0.6 is 0 Å². The molecule has 0 aliphatic heterocycles. The number of nitrogens with one attached hydrogen (secondary N) is 2. The van der Waals surface area contributed by atoms with Crippen molar-refractivity contribution in [1.29, 1.82) is 0 Å². The van der Waals surface area contributed by atoms with E-state index in [1.54, 1.807) is 7.11 Å². The van der Waals surface area contributed by atoms with Gasteiger partial charge in [-0.1, -0.05) is 12.1 Å². The van der Waals surface area contributed by atoms with Crippen LogP contribution in [0.15, 0.2) is 16.7 Å². The number of anilines is 2. The van der Waals surface area contributed by atoms with Gasteiger partial charge in [-0.05, 0) is 13.3 Å². The molecule has 0 amide bonds. The lowest BCUT2D eigenvalue weighted by atomic mass is 10.3. The molecule has 0 bridgehead atoms. The Morgan fingerprint density at radius 2 is 1.95 bits per heavy atom. The fourth-order valence-corrected chi connectivity index (χ4v) is 1.81. The highest BCUT2D eigenvalue weighted by Gasteiger charge is 2.06. The molecule has 2 aromatic heterocycles. The van der Waals surface area contributed by atoms with Crippen LogP contribution in [0.25, 0.3) is 0 Å². The standard InChI is InChI=1S/C14H21N5O2/c1-4-5-15-12-7-13(18-14(17-12)9-20-3)16-8-11-6-10(2)21-19-11/h6-7H,4-5,8-9H2,1-3H3,(H2,15,16,17,18). The van der Waals surface area contributed by atoms with E-state index in [-0.39, 0.29) is 0 Å². The maximum atomic E-state index is 5.10. The van der Waals surface area contributed by atoms with Crippen molar-refractivity contribution in [1.82, 2.24) is 15.1 Å². The van der Waals surface area contributed by atoms with Crippen LogP contribution in [-0.2, 0) is 17.9 Å². The predicted octanol–water partition coefficient (Wildman–Crippen LogP) is 2.35. The molecule has 0 saturated heterocycles. The molecule has 2 aromatic rings. The van der Waals surface area contributed by atoms with E-state index in [0.29, 0.717) is 19.0 Å². The minimum absolute atomic E-state index is 0.374. The Kier molecular flexibility index (Phi) is 5.51. The summed E-state index contributed by atoms with van der Waals surface area (Å²) in [5.41, 5.74) is 0.836. The van der Waals surface area contributed by atoms with Crippen molar-refractivity contribution in [3.05, 3.63) is 29.4 Å².